The largest absolute Gasteiger partial charge is 0.308 e. The van der Waals surface area contributed by atoms with Gasteiger partial charge in [0.15, 0.2) is 0 Å². The van der Waals surface area contributed by atoms with Gasteiger partial charge in [-0.25, -0.2) is 4.39 Å². The van der Waals surface area contributed by atoms with E-state index in [9.17, 15) is 4.39 Å². The van der Waals surface area contributed by atoms with Crippen molar-refractivity contribution in [3.8, 4) is 0 Å². The first-order valence-electron chi connectivity index (χ1n) is 6.18. The van der Waals surface area contributed by atoms with Crippen molar-refractivity contribution in [2.45, 2.75) is 17.9 Å². The molecule has 0 radical (unpaired) electrons. The Morgan fingerprint density at radius 2 is 2.16 bits per heavy atom. The van der Waals surface area contributed by atoms with Crippen LogP contribution in [0.1, 0.15) is 18.7 Å². The summed E-state index contributed by atoms with van der Waals surface area (Å²) in [6.07, 6.45) is 5.07. The van der Waals surface area contributed by atoms with E-state index >= 15 is 0 Å². The smallest absolute Gasteiger partial charge is 0.136 e. The second kappa shape index (κ2) is 7.21. The molecule has 19 heavy (non-hydrogen) atoms. The van der Waals surface area contributed by atoms with E-state index in [1.807, 2.05) is 13.0 Å². The number of aromatic nitrogens is 2. The molecule has 1 aromatic carbocycles. The zero-order valence-electron chi connectivity index (χ0n) is 10.7. The number of thioether (sulfide) groups is 1. The van der Waals surface area contributed by atoms with Crippen LogP contribution in [0.2, 0.25) is 0 Å². The van der Waals surface area contributed by atoms with E-state index in [2.05, 4.69) is 15.3 Å². The Kier molecular flexibility index (Phi) is 5.30. The molecule has 1 atom stereocenters. The van der Waals surface area contributed by atoms with Crippen LogP contribution < -0.4 is 5.32 Å². The van der Waals surface area contributed by atoms with E-state index in [-0.39, 0.29) is 11.9 Å². The lowest BCUT2D eigenvalue weighted by Crippen LogP contribution is -2.24. The van der Waals surface area contributed by atoms with Gasteiger partial charge in [0.25, 0.3) is 0 Å². The maximum Gasteiger partial charge on any atom is 0.136 e. The summed E-state index contributed by atoms with van der Waals surface area (Å²) in [6, 6.07) is 6.88. The van der Waals surface area contributed by atoms with Crippen LogP contribution in [0.3, 0.4) is 0 Å². The fourth-order valence-corrected chi connectivity index (χ4v) is 2.74. The number of nitrogens with zero attached hydrogens (tertiary/aromatic N) is 2. The molecular formula is C14H16FN3S. The number of nitrogens with one attached hydrogen (secondary N) is 1. The van der Waals surface area contributed by atoms with Crippen LogP contribution in [0.15, 0.2) is 47.8 Å². The average Bonchev–Trinajstić information content (AvgIpc) is 2.46. The van der Waals surface area contributed by atoms with Crippen molar-refractivity contribution in [3.63, 3.8) is 0 Å². The van der Waals surface area contributed by atoms with Crippen molar-refractivity contribution in [1.82, 2.24) is 15.3 Å². The molecule has 0 amide bonds. The monoisotopic (exact) mass is 277 g/mol. The summed E-state index contributed by atoms with van der Waals surface area (Å²) in [6.45, 7) is 2.87. The number of halogens is 1. The predicted molar refractivity (Wildman–Crippen MR) is 75.6 cm³/mol. The minimum atomic E-state index is -0.179. The van der Waals surface area contributed by atoms with Gasteiger partial charge in [-0.1, -0.05) is 19.1 Å². The number of hydrogen-bond acceptors (Lipinski definition) is 4. The molecule has 0 aliphatic rings. The summed E-state index contributed by atoms with van der Waals surface area (Å²) in [5, 5.41) is 3.34. The Hall–Kier alpha value is -1.46. The topological polar surface area (TPSA) is 37.8 Å². The summed E-state index contributed by atoms with van der Waals surface area (Å²) in [7, 11) is 0. The molecule has 5 heteroatoms. The van der Waals surface area contributed by atoms with E-state index in [1.165, 1.54) is 17.8 Å². The third kappa shape index (κ3) is 4.01. The van der Waals surface area contributed by atoms with Crippen molar-refractivity contribution >= 4 is 11.8 Å². The van der Waals surface area contributed by atoms with Gasteiger partial charge in [0.2, 0.25) is 0 Å². The number of benzene rings is 1. The molecule has 3 nitrogen and oxygen atoms in total. The van der Waals surface area contributed by atoms with Gasteiger partial charge < -0.3 is 5.32 Å². The van der Waals surface area contributed by atoms with E-state index in [1.54, 1.807) is 30.7 Å². The third-order valence-electron chi connectivity index (χ3n) is 2.63. The minimum Gasteiger partial charge on any atom is -0.308 e. The summed E-state index contributed by atoms with van der Waals surface area (Å²) in [5.74, 6) is 0.537. The molecule has 0 saturated heterocycles. The molecular weight excluding hydrogens is 261 g/mol. The van der Waals surface area contributed by atoms with Crippen LogP contribution in [-0.2, 0) is 0 Å². The molecule has 2 rings (SSSR count). The fourth-order valence-electron chi connectivity index (χ4n) is 1.72. The zero-order valence-corrected chi connectivity index (χ0v) is 11.5. The summed E-state index contributed by atoms with van der Waals surface area (Å²) >= 11 is 1.48. The van der Waals surface area contributed by atoms with Gasteiger partial charge in [-0.15, -0.1) is 11.8 Å². The molecule has 1 aromatic heterocycles. The molecule has 1 heterocycles. The van der Waals surface area contributed by atoms with Crippen molar-refractivity contribution in [2.24, 2.45) is 0 Å². The Bertz CT molecular complexity index is 507. The molecule has 100 valence electrons. The maximum atomic E-state index is 13.6. The zero-order chi connectivity index (χ0) is 13.5. The highest BCUT2D eigenvalue weighted by Crippen LogP contribution is 2.25. The Morgan fingerprint density at radius 1 is 1.32 bits per heavy atom. The summed E-state index contributed by atoms with van der Waals surface area (Å²) in [4.78, 5) is 9.04. The summed E-state index contributed by atoms with van der Waals surface area (Å²) < 4.78 is 13.6. The first-order valence-corrected chi connectivity index (χ1v) is 7.16. The molecule has 2 aromatic rings. The fraction of sp³-hybridized carbons (Fsp3) is 0.286. The first-order chi connectivity index (χ1) is 9.31. The number of hydrogen-bond donors (Lipinski definition) is 1. The third-order valence-corrected chi connectivity index (χ3v) is 3.77. The van der Waals surface area contributed by atoms with Gasteiger partial charge >= 0.3 is 0 Å². The Labute approximate surface area is 116 Å². The molecule has 0 bridgehead atoms. The van der Waals surface area contributed by atoms with Gasteiger partial charge in [-0.3, -0.25) is 9.97 Å². The lowest BCUT2D eigenvalue weighted by molar-refractivity contribution is 0.584. The van der Waals surface area contributed by atoms with Crippen LogP contribution >= 0.6 is 11.8 Å². The van der Waals surface area contributed by atoms with Gasteiger partial charge in [0, 0.05) is 29.2 Å². The van der Waals surface area contributed by atoms with Crippen molar-refractivity contribution in [1.29, 1.82) is 0 Å². The predicted octanol–water partition coefficient (Wildman–Crippen LogP) is 3.06. The molecule has 0 fully saturated rings. The van der Waals surface area contributed by atoms with Gasteiger partial charge in [0.05, 0.1) is 11.7 Å². The Morgan fingerprint density at radius 3 is 2.84 bits per heavy atom. The van der Waals surface area contributed by atoms with E-state index in [4.69, 9.17) is 0 Å². The molecule has 1 N–H and O–H groups in total. The summed E-state index contributed by atoms with van der Waals surface area (Å²) in [5.41, 5.74) is 0.883. The van der Waals surface area contributed by atoms with Crippen LogP contribution in [0, 0.1) is 5.82 Å². The molecule has 0 saturated carbocycles. The normalized spacial score (nSPS) is 12.3. The van der Waals surface area contributed by atoms with E-state index in [0.29, 0.717) is 10.6 Å². The maximum absolute atomic E-state index is 13.6. The first kappa shape index (κ1) is 14.0. The van der Waals surface area contributed by atoms with Gasteiger partial charge in [-0.05, 0) is 18.7 Å². The number of rotatable bonds is 6. The lowest BCUT2D eigenvalue weighted by atomic mass is 10.2. The molecule has 0 aliphatic heterocycles. The highest BCUT2D eigenvalue weighted by molar-refractivity contribution is 7.99. The van der Waals surface area contributed by atoms with Crippen LogP contribution in [0.4, 0.5) is 4.39 Å². The van der Waals surface area contributed by atoms with Gasteiger partial charge in [0.1, 0.15) is 5.82 Å². The molecule has 0 aliphatic carbocycles. The second-order valence-corrected chi connectivity index (χ2v) is 5.04. The van der Waals surface area contributed by atoms with Crippen molar-refractivity contribution in [2.75, 3.05) is 12.3 Å². The molecule has 1 unspecified atom stereocenters. The van der Waals surface area contributed by atoms with Crippen LogP contribution in [0.5, 0.6) is 0 Å². The average molecular weight is 277 g/mol. The van der Waals surface area contributed by atoms with Crippen LogP contribution in [0.25, 0.3) is 0 Å². The highest BCUT2D eigenvalue weighted by Gasteiger charge is 2.13. The van der Waals surface area contributed by atoms with Crippen LogP contribution in [-0.4, -0.2) is 22.3 Å². The quantitative estimate of drug-likeness (QED) is 0.824. The van der Waals surface area contributed by atoms with Crippen molar-refractivity contribution < 1.29 is 4.39 Å². The Balaban J connectivity index is 2.04. The SMILES string of the molecule is CCNC(CSc1ccccc1F)c1cnccn1. The minimum absolute atomic E-state index is 0.0725. The highest BCUT2D eigenvalue weighted by atomic mass is 32.2. The van der Waals surface area contributed by atoms with Crippen molar-refractivity contribution in [3.05, 3.63) is 54.4 Å². The lowest BCUT2D eigenvalue weighted by Gasteiger charge is -2.16. The van der Waals surface area contributed by atoms with Gasteiger partial charge in [-0.2, -0.15) is 0 Å². The van der Waals surface area contributed by atoms with E-state index in [0.717, 1.165) is 12.2 Å². The standard InChI is InChI=1S/C14H16FN3S/c1-2-17-13(12-9-16-7-8-18-12)10-19-14-6-4-3-5-11(14)15/h3-9,13,17H,2,10H2,1H3. The molecule has 0 spiro atoms. The van der Waals surface area contributed by atoms with E-state index < -0.39 is 0 Å². The second-order valence-electron chi connectivity index (χ2n) is 3.98.